The van der Waals surface area contributed by atoms with Gasteiger partial charge in [-0.25, -0.2) is 0 Å². The topological polar surface area (TPSA) is 55.4 Å². The molecule has 55 heavy (non-hydrogen) atoms. The van der Waals surface area contributed by atoms with Crippen LogP contribution in [0.1, 0.15) is 166 Å². The Labute approximate surface area is 341 Å². The molecule has 8 heteroatoms. The molecule has 4 aliphatic rings. The molecule has 0 radical (unpaired) electrons. The van der Waals surface area contributed by atoms with Gasteiger partial charge in [0.2, 0.25) is 0 Å². The van der Waals surface area contributed by atoms with Gasteiger partial charge in [0.1, 0.15) is 5.75 Å². The van der Waals surface area contributed by atoms with Crippen molar-refractivity contribution in [1.82, 2.24) is 0 Å². The van der Waals surface area contributed by atoms with Gasteiger partial charge < -0.3 is 18.1 Å². The van der Waals surface area contributed by atoms with Crippen molar-refractivity contribution >= 4 is 17.2 Å². The lowest BCUT2D eigenvalue weighted by atomic mass is 9.75. The fourth-order valence-electron chi connectivity index (χ4n) is 10.5. The van der Waals surface area contributed by atoms with E-state index in [0.717, 1.165) is 37.0 Å². The number of rotatable bonds is 17. The van der Waals surface area contributed by atoms with Crippen molar-refractivity contribution in [2.24, 2.45) is 71.0 Å². The maximum absolute atomic E-state index is 7.11. The van der Waals surface area contributed by atoms with Gasteiger partial charge in [0.15, 0.2) is 0 Å². The minimum absolute atomic E-state index is 0.130. The molecule has 4 fully saturated rings. The third kappa shape index (κ3) is 13.3. The molecule has 5 rings (SSSR count). The van der Waals surface area contributed by atoms with Crippen molar-refractivity contribution in [2.75, 3.05) is 0 Å². The van der Waals surface area contributed by atoms with Crippen LogP contribution >= 0.6 is 17.2 Å². The van der Waals surface area contributed by atoms with Gasteiger partial charge in [0.05, 0.1) is 31.0 Å². The Morgan fingerprint density at radius 2 is 0.800 bits per heavy atom. The smallest absolute Gasteiger partial charge is 0.397 e. The molecule has 0 N–H and O–H groups in total. The van der Waals surface area contributed by atoms with E-state index >= 15 is 0 Å². The predicted octanol–water partition coefficient (Wildman–Crippen LogP) is 14.9. The summed E-state index contributed by atoms with van der Waals surface area (Å²) in [5.74, 6) is 7.63. The second kappa shape index (κ2) is 21.8. The van der Waals surface area contributed by atoms with E-state index in [4.69, 9.17) is 27.1 Å². The van der Waals surface area contributed by atoms with E-state index in [9.17, 15) is 0 Å². The highest BCUT2D eigenvalue weighted by atomic mass is 31.2. The van der Waals surface area contributed by atoms with Crippen LogP contribution in [0.5, 0.6) is 5.75 Å². The molecular formula is C47H82O6P2. The molecule has 0 aromatic heterocycles. The minimum atomic E-state index is -1.64. The summed E-state index contributed by atoms with van der Waals surface area (Å²) in [4.78, 5) is 0. The van der Waals surface area contributed by atoms with Gasteiger partial charge in [-0.3, -0.25) is 9.05 Å². The Hall–Kier alpha value is -0.320. The number of hydrogen-bond acceptors (Lipinski definition) is 6. The normalized spacial score (nSPS) is 36.1. The monoisotopic (exact) mass is 805 g/mol. The van der Waals surface area contributed by atoms with Crippen LogP contribution in [0, 0.1) is 71.0 Å². The quantitative estimate of drug-likeness (QED) is 0.146. The zero-order chi connectivity index (χ0) is 39.8. The molecule has 0 saturated heterocycles. The van der Waals surface area contributed by atoms with Crippen molar-refractivity contribution < 1.29 is 27.1 Å². The Morgan fingerprint density at radius 3 is 1.15 bits per heavy atom. The average molecular weight is 805 g/mol. The Kier molecular flexibility index (Phi) is 18.1. The molecule has 316 valence electrons. The van der Waals surface area contributed by atoms with Crippen LogP contribution in [0.3, 0.4) is 0 Å². The van der Waals surface area contributed by atoms with Gasteiger partial charge in [-0.1, -0.05) is 127 Å². The average Bonchev–Trinajstić information content (AvgIpc) is 3.10. The van der Waals surface area contributed by atoms with Gasteiger partial charge in [-0.05, 0) is 128 Å². The van der Waals surface area contributed by atoms with E-state index in [1.54, 1.807) is 0 Å². The van der Waals surface area contributed by atoms with Crippen molar-refractivity contribution in [1.29, 1.82) is 0 Å². The first-order valence-corrected chi connectivity index (χ1v) is 25.0. The molecule has 0 aliphatic heterocycles. The largest absolute Gasteiger partial charge is 0.426 e. The molecule has 1 aromatic rings. The van der Waals surface area contributed by atoms with E-state index in [1.807, 2.05) is 0 Å². The standard InChI is InChI=1S/C47H82O6P2/c1-30(2)39-21-17-34(9)25-44(39)50-54(51-45-26-35(10)18-22-40(45)31(3)4)48-29-38-15-13-14-16-43(38)49-55(52-46-27-36(11)19-23-41(46)32(5)6)53-47-28-37(12)20-24-42(47)33(7)8/h13-16,30-37,39-42,44-47H,17-29H2,1-12H3/t34-,35-,36-,37-,39?,40?,41+,42?,44-,45-,46-,47-,54?,55?/m1/s1. The fourth-order valence-corrected chi connectivity index (χ4v) is 13.2. The van der Waals surface area contributed by atoms with Gasteiger partial charge >= 0.3 is 17.2 Å². The van der Waals surface area contributed by atoms with Crippen molar-refractivity contribution in [3.05, 3.63) is 29.8 Å². The van der Waals surface area contributed by atoms with E-state index in [1.165, 1.54) is 51.4 Å². The molecule has 0 bridgehead atoms. The fraction of sp³-hybridized carbons (Fsp3) is 0.872. The summed E-state index contributed by atoms with van der Waals surface area (Å²) >= 11 is 0. The van der Waals surface area contributed by atoms with Gasteiger partial charge in [0, 0.05) is 5.56 Å². The molecular weight excluding hydrogens is 722 g/mol. The summed E-state index contributed by atoms with van der Waals surface area (Å²) < 4.78 is 42.2. The molecule has 0 spiro atoms. The minimum Gasteiger partial charge on any atom is -0.426 e. The van der Waals surface area contributed by atoms with E-state index < -0.39 is 17.2 Å². The Morgan fingerprint density at radius 1 is 0.473 bits per heavy atom. The van der Waals surface area contributed by atoms with Crippen LogP contribution in [-0.4, -0.2) is 24.4 Å². The lowest BCUT2D eigenvalue weighted by Crippen LogP contribution is -2.36. The van der Waals surface area contributed by atoms with E-state index in [-0.39, 0.29) is 24.4 Å². The highest BCUT2D eigenvalue weighted by molar-refractivity contribution is 7.42. The number of hydrogen-bond donors (Lipinski definition) is 0. The molecule has 1 aromatic carbocycles. The van der Waals surface area contributed by atoms with Crippen LogP contribution in [-0.2, 0) is 29.2 Å². The Bertz CT molecular complexity index is 1190. The lowest BCUT2D eigenvalue weighted by Gasteiger charge is -2.41. The highest BCUT2D eigenvalue weighted by Crippen LogP contribution is 2.54. The van der Waals surface area contributed by atoms with Gasteiger partial charge in [-0.2, -0.15) is 0 Å². The van der Waals surface area contributed by atoms with Crippen LogP contribution in [0.2, 0.25) is 0 Å². The highest BCUT2D eigenvalue weighted by Gasteiger charge is 2.41. The summed E-state index contributed by atoms with van der Waals surface area (Å²) in [6.07, 6.45) is 14.7. The summed E-state index contributed by atoms with van der Waals surface area (Å²) in [6.45, 7) is 28.7. The first-order chi connectivity index (χ1) is 26.2. The second-order valence-electron chi connectivity index (χ2n) is 20.3. The van der Waals surface area contributed by atoms with Crippen molar-refractivity contribution in [3.63, 3.8) is 0 Å². The second-order valence-corrected chi connectivity index (χ2v) is 22.5. The number of para-hydroxylation sites is 1. The molecule has 0 heterocycles. The molecule has 0 amide bonds. The van der Waals surface area contributed by atoms with Crippen LogP contribution in [0.4, 0.5) is 0 Å². The first kappa shape index (κ1) is 45.8. The SMILES string of the molecule is CC(C)C1CC[C@@H](C)C[C@H]1OP(OCc1ccccc1OP(O[C@@H]1C[C@H](C)CCC1C(C)C)O[C@@H]1C[C@H](C)CC[C@H]1C(C)C)O[C@@H]1C[C@H](C)CCC1C(C)C. The third-order valence-electron chi connectivity index (χ3n) is 14.2. The molecule has 13 atom stereocenters. The van der Waals surface area contributed by atoms with E-state index in [2.05, 4.69) is 107 Å². The summed E-state index contributed by atoms with van der Waals surface area (Å²) in [6, 6.07) is 8.36. The lowest BCUT2D eigenvalue weighted by molar-refractivity contribution is -0.0134. The van der Waals surface area contributed by atoms with Crippen molar-refractivity contribution in [3.8, 4) is 5.75 Å². The summed E-state index contributed by atoms with van der Waals surface area (Å²) in [5.41, 5.74) is 0.992. The first-order valence-electron chi connectivity index (χ1n) is 22.8. The molecule has 4 saturated carbocycles. The maximum Gasteiger partial charge on any atom is 0.397 e. The van der Waals surface area contributed by atoms with Gasteiger partial charge in [-0.15, -0.1) is 0 Å². The van der Waals surface area contributed by atoms with Crippen LogP contribution < -0.4 is 4.52 Å². The summed E-state index contributed by atoms with van der Waals surface area (Å²) in [7, 11) is -3.22. The predicted molar refractivity (Wildman–Crippen MR) is 231 cm³/mol. The zero-order valence-corrected chi connectivity index (χ0v) is 38.9. The molecule has 4 unspecified atom stereocenters. The third-order valence-corrected chi connectivity index (χ3v) is 16.7. The molecule has 4 aliphatic carbocycles. The molecule has 6 nitrogen and oxygen atoms in total. The maximum atomic E-state index is 7.11. The van der Waals surface area contributed by atoms with E-state index in [0.29, 0.717) is 77.6 Å². The van der Waals surface area contributed by atoms with Crippen LogP contribution in [0.25, 0.3) is 0 Å². The van der Waals surface area contributed by atoms with Crippen LogP contribution in [0.15, 0.2) is 24.3 Å². The zero-order valence-electron chi connectivity index (χ0n) is 37.1. The van der Waals surface area contributed by atoms with Crippen molar-refractivity contribution in [2.45, 2.75) is 191 Å². The Balaban J connectivity index is 1.39. The number of benzene rings is 1. The van der Waals surface area contributed by atoms with Gasteiger partial charge in [0.25, 0.3) is 0 Å². The summed E-state index contributed by atoms with van der Waals surface area (Å²) in [5, 5.41) is 0.